The Kier molecular flexibility index (Phi) is 14.9. The molecule has 0 spiro atoms. The molecule has 0 amide bonds. The van der Waals surface area contributed by atoms with E-state index in [1.807, 2.05) is 0 Å². The molecule has 0 aliphatic rings. The molecule has 97 valence electrons. The number of rotatable bonds is 13. The number of hydrogen-bond donors (Lipinski definition) is 1. The van der Waals surface area contributed by atoms with Crippen LogP contribution in [-0.2, 0) is 0 Å². The molecule has 1 nitrogen and oxygen atoms in total. The Labute approximate surface area is 103 Å². The molecule has 0 aliphatic carbocycles. The molecule has 0 aliphatic heterocycles. The molecule has 2 N–H and O–H groups in total. The van der Waals surface area contributed by atoms with Crippen LogP contribution in [-0.4, -0.2) is 6.54 Å². The molecule has 0 fully saturated rings. The molecule has 0 heterocycles. The van der Waals surface area contributed by atoms with Crippen molar-refractivity contribution in [3.05, 3.63) is 6.42 Å². The summed E-state index contributed by atoms with van der Waals surface area (Å²) < 4.78 is 0. The van der Waals surface area contributed by atoms with Gasteiger partial charge in [-0.2, -0.15) is 0 Å². The van der Waals surface area contributed by atoms with Gasteiger partial charge in [-0.25, -0.2) is 0 Å². The van der Waals surface area contributed by atoms with Gasteiger partial charge in [-0.15, -0.1) is 0 Å². The summed E-state index contributed by atoms with van der Waals surface area (Å²) in [5, 5.41) is 0. The third-order valence-electron chi connectivity index (χ3n) is 3.13. The predicted molar refractivity (Wildman–Crippen MR) is 74.4 cm³/mol. The molecular weight excluding hydrogens is 194 g/mol. The minimum atomic E-state index is 0.817. The first-order chi connectivity index (χ1) is 7.91. The first kappa shape index (κ1) is 16.0. The van der Waals surface area contributed by atoms with Crippen LogP contribution in [0.3, 0.4) is 0 Å². The van der Waals surface area contributed by atoms with Crippen LogP contribution in [0.2, 0.25) is 0 Å². The van der Waals surface area contributed by atoms with Crippen molar-refractivity contribution in [1.82, 2.24) is 0 Å². The van der Waals surface area contributed by atoms with Crippen LogP contribution in [0.4, 0.5) is 0 Å². The lowest BCUT2D eigenvalue weighted by atomic mass is 10.0. The lowest BCUT2D eigenvalue weighted by Crippen LogP contribution is -1.97. The average molecular weight is 226 g/mol. The van der Waals surface area contributed by atoms with Gasteiger partial charge in [0, 0.05) is 0 Å². The van der Waals surface area contributed by atoms with E-state index >= 15 is 0 Å². The first-order valence-electron chi connectivity index (χ1n) is 7.43. The first-order valence-corrected chi connectivity index (χ1v) is 7.43. The normalized spacial score (nSPS) is 10.9. The summed E-state index contributed by atoms with van der Waals surface area (Å²) in [6.45, 7) is 3.10. The molecule has 0 rings (SSSR count). The van der Waals surface area contributed by atoms with Crippen molar-refractivity contribution in [3.63, 3.8) is 0 Å². The summed E-state index contributed by atoms with van der Waals surface area (Å²) >= 11 is 0. The smallest absolute Gasteiger partial charge is 0.00745 e. The maximum Gasteiger partial charge on any atom is -0.00745 e. The van der Waals surface area contributed by atoms with Crippen molar-refractivity contribution in [2.24, 2.45) is 5.73 Å². The van der Waals surface area contributed by atoms with Crippen LogP contribution in [0.1, 0.15) is 84.0 Å². The molecular formula is C15H32N. The van der Waals surface area contributed by atoms with Crippen molar-refractivity contribution < 1.29 is 0 Å². The largest absolute Gasteiger partial charge is 0.330 e. The fourth-order valence-corrected chi connectivity index (χ4v) is 2.04. The van der Waals surface area contributed by atoms with Crippen molar-refractivity contribution in [3.8, 4) is 0 Å². The standard InChI is InChI=1S/C15H32N/c1-2-3-4-5-6-7-8-9-10-11-12-13-14-15-16/h13H,2-12,14-16H2,1H3. The summed E-state index contributed by atoms with van der Waals surface area (Å²) in [5.74, 6) is 0. The van der Waals surface area contributed by atoms with E-state index < -0.39 is 0 Å². The summed E-state index contributed by atoms with van der Waals surface area (Å²) in [4.78, 5) is 0. The molecule has 0 aromatic heterocycles. The zero-order valence-corrected chi connectivity index (χ0v) is 11.3. The van der Waals surface area contributed by atoms with Gasteiger partial charge >= 0.3 is 0 Å². The highest BCUT2D eigenvalue weighted by molar-refractivity contribution is 4.64. The molecule has 0 unspecified atom stereocenters. The van der Waals surface area contributed by atoms with E-state index in [4.69, 9.17) is 5.73 Å². The maximum atomic E-state index is 5.43. The molecule has 0 aromatic carbocycles. The predicted octanol–water partition coefficient (Wildman–Crippen LogP) is 4.85. The Balaban J connectivity index is 2.83. The Morgan fingerprint density at radius 3 is 1.69 bits per heavy atom. The van der Waals surface area contributed by atoms with E-state index in [0.29, 0.717) is 0 Å². The SMILES string of the molecule is CCCCCCCCCCCC[CH]CCN. The second-order valence-electron chi connectivity index (χ2n) is 4.84. The zero-order valence-electron chi connectivity index (χ0n) is 11.3. The van der Waals surface area contributed by atoms with Gasteiger partial charge in [0.05, 0.1) is 0 Å². The van der Waals surface area contributed by atoms with Gasteiger partial charge < -0.3 is 5.73 Å². The molecule has 16 heavy (non-hydrogen) atoms. The van der Waals surface area contributed by atoms with Crippen LogP contribution < -0.4 is 5.73 Å². The van der Waals surface area contributed by atoms with Crippen molar-refractivity contribution in [1.29, 1.82) is 0 Å². The van der Waals surface area contributed by atoms with Gasteiger partial charge in [0.1, 0.15) is 0 Å². The van der Waals surface area contributed by atoms with Crippen LogP contribution >= 0.6 is 0 Å². The van der Waals surface area contributed by atoms with Crippen LogP contribution in [0.25, 0.3) is 0 Å². The fourth-order valence-electron chi connectivity index (χ4n) is 2.04. The fraction of sp³-hybridized carbons (Fsp3) is 0.933. The zero-order chi connectivity index (χ0) is 11.9. The second kappa shape index (κ2) is 15.0. The van der Waals surface area contributed by atoms with E-state index in [2.05, 4.69) is 13.3 Å². The van der Waals surface area contributed by atoms with Crippen molar-refractivity contribution in [2.75, 3.05) is 6.54 Å². The number of unbranched alkanes of at least 4 members (excludes halogenated alkanes) is 12. The summed E-state index contributed by atoms with van der Waals surface area (Å²) in [6.07, 6.45) is 19.0. The minimum absolute atomic E-state index is 0.817. The monoisotopic (exact) mass is 226 g/mol. The summed E-state index contributed by atoms with van der Waals surface area (Å²) in [7, 11) is 0. The Morgan fingerprint density at radius 1 is 0.688 bits per heavy atom. The molecule has 1 heteroatoms. The quantitative estimate of drug-likeness (QED) is 0.446. The average Bonchev–Trinajstić information content (AvgIpc) is 2.31. The topological polar surface area (TPSA) is 26.0 Å². The second-order valence-corrected chi connectivity index (χ2v) is 4.84. The van der Waals surface area contributed by atoms with Gasteiger partial charge in [-0.3, -0.25) is 0 Å². The van der Waals surface area contributed by atoms with Gasteiger partial charge in [0.25, 0.3) is 0 Å². The Morgan fingerprint density at radius 2 is 1.19 bits per heavy atom. The van der Waals surface area contributed by atoms with Crippen LogP contribution in [0.5, 0.6) is 0 Å². The highest BCUT2D eigenvalue weighted by atomic mass is 14.5. The molecule has 0 aromatic rings. The van der Waals surface area contributed by atoms with E-state index in [-0.39, 0.29) is 0 Å². The van der Waals surface area contributed by atoms with E-state index in [0.717, 1.165) is 13.0 Å². The van der Waals surface area contributed by atoms with Crippen molar-refractivity contribution in [2.45, 2.75) is 84.0 Å². The highest BCUT2D eigenvalue weighted by Gasteiger charge is 1.92. The van der Waals surface area contributed by atoms with Crippen LogP contribution in [0, 0.1) is 6.42 Å². The maximum absolute atomic E-state index is 5.43. The molecule has 0 saturated carbocycles. The van der Waals surface area contributed by atoms with E-state index in [1.165, 1.54) is 70.6 Å². The minimum Gasteiger partial charge on any atom is -0.330 e. The van der Waals surface area contributed by atoms with Gasteiger partial charge in [-0.05, 0) is 19.4 Å². The van der Waals surface area contributed by atoms with E-state index in [9.17, 15) is 0 Å². The molecule has 0 bridgehead atoms. The molecule has 1 radical (unpaired) electrons. The highest BCUT2D eigenvalue weighted by Crippen LogP contribution is 2.11. The van der Waals surface area contributed by atoms with Gasteiger partial charge in [-0.1, -0.05) is 77.6 Å². The lowest BCUT2D eigenvalue weighted by Gasteiger charge is -2.02. The van der Waals surface area contributed by atoms with E-state index in [1.54, 1.807) is 0 Å². The van der Waals surface area contributed by atoms with Gasteiger partial charge in [0.15, 0.2) is 0 Å². The van der Waals surface area contributed by atoms with Crippen LogP contribution in [0.15, 0.2) is 0 Å². The number of nitrogens with two attached hydrogens (primary N) is 1. The van der Waals surface area contributed by atoms with Crippen molar-refractivity contribution >= 4 is 0 Å². The summed E-state index contributed by atoms with van der Waals surface area (Å²) in [6, 6.07) is 0. The molecule has 0 saturated heterocycles. The Hall–Kier alpha value is -0.0400. The third kappa shape index (κ3) is 14.0. The number of hydrogen-bond acceptors (Lipinski definition) is 1. The summed E-state index contributed by atoms with van der Waals surface area (Å²) in [5.41, 5.74) is 5.43. The Bertz CT molecular complexity index is 98.0. The lowest BCUT2D eigenvalue weighted by molar-refractivity contribution is 0.554. The molecule has 0 atom stereocenters. The van der Waals surface area contributed by atoms with Gasteiger partial charge in [0.2, 0.25) is 0 Å². The third-order valence-corrected chi connectivity index (χ3v) is 3.13.